The van der Waals surface area contributed by atoms with Gasteiger partial charge in [-0.1, -0.05) is 15.9 Å². The van der Waals surface area contributed by atoms with Crippen LogP contribution in [0.25, 0.3) is 0 Å². The molecule has 0 bridgehead atoms. The molecular weight excluding hydrogens is 294 g/mol. The smallest absolute Gasteiger partial charge is 0.258 e. The second kappa shape index (κ2) is 4.57. The predicted octanol–water partition coefficient (Wildman–Crippen LogP) is 3.22. The van der Waals surface area contributed by atoms with E-state index in [4.69, 9.17) is 4.74 Å². The molecule has 4 heteroatoms. The van der Waals surface area contributed by atoms with Gasteiger partial charge in [0.15, 0.2) is 0 Å². The van der Waals surface area contributed by atoms with Crippen molar-refractivity contribution >= 4 is 21.8 Å². The predicted molar refractivity (Wildman–Crippen MR) is 72.9 cm³/mol. The van der Waals surface area contributed by atoms with Gasteiger partial charge in [-0.25, -0.2) is 0 Å². The van der Waals surface area contributed by atoms with Gasteiger partial charge in [0, 0.05) is 11.0 Å². The van der Waals surface area contributed by atoms with Crippen LogP contribution >= 0.6 is 15.9 Å². The highest BCUT2D eigenvalue weighted by Crippen LogP contribution is 2.33. The molecule has 1 saturated heterocycles. The number of benzene rings is 1. The zero-order valence-electron chi connectivity index (χ0n) is 10.4. The molecule has 18 heavy (non-hydrogen) atoms. The molecule has 1 aromatic rings. The van der Waals surface area contributed by atoms with Crippen molar-refractivity contribution in [3.8, 4) is 5.75 Å². The molecule has 3 rings (SSSR count). The number of hydrogen-bond donors (Lipinski definition) is 0. The number of nitrogens with zero attached hydrogens (tertiary/aromatic N) is 1. The number of fused-ring (bicyclic) bond motifs is 2. The number of ether oxygens (including phenoxy) is 1. The Hall–Kier alpha value is -1.03. The molecule has 0 spiro atoms. The summed E-state index contributed by atoms with van der Waals surface area (Å²) in [5.74, 6) is 0.824. The molecule has 2 aliphatic heterocycles. The maximum Gasteiger partial charge on any atom is 0.258 e. The largest absolute Gasteiger partial charge is 0.488 e. The third kappa shape index (κ3) is 1.92. The van der Waals surface area contributed by atoms with Gasteiger partial charge >= 0.3 is 0 Å². The summed E-state index contributed by atoms with van der Waals surface area (Å²) in [6.45, 7) is 2.91. The number of hydrogen-bond acceptors (Lipinski definition) is 2. The van der Waals surface area contributed by atoms with Crippen LogP contribution in [0.15, 0.2) is 22.7 Å². The van der Waals surface area contributed by atoms with Gasteiger partial charge in [0.2, 0.25) is 0 Å². The maximum atomic E-state index is 12.6. The van der Waals surface area contributed by atoms with Crippen molar-refractivity contribution in [1.29, 1.82) is 0 Å². The van der Waals surface area contributed by atoms with E-state index >= 15 is 0 Å². The summed E-state index contributed by atoms with van der Waals surface area (Å²) in [5, 5.41) is 0. The maximum absolute atomic E-state index is 12.6. The third-order valence-corrected chi connectivity index (χ3v) is 4.33. The SMILES string of the molecule is CC1Oc2ccc(Br)cc2C(=O)N2CCCCC12. The van der Waals surface area contributed by atoms with Crippen LogP contribution in [0.3, 0.4) is 0 Å². The molecule has 0 aromatic heterocycles. The van der Waals surface area contributed by atoms with Crippen LogP contribution in [0.5, 0.6) is 5.75 Å². The van der Waals surface area contributed by atoms with E-state index in [1.165, 1.54) is 6.42 Å². The Labute approximate surface area is 115 Å². The van der Waals surface area contributed by atoms with E-state index in [-0.39, 0.29) is 18.1 Å². The fourth-order valence-corrected chi connectivity index (χ4v) is 3.26. The lowest BCUT2D eigenvalue weighted by Crippen LogP contribution is -2.48. The van der Waals surface area contributed by atoms with Crippen molar-refractivity contribution in [3.05, 3.63) is 28.2 Å². The normalized spacial score (nSPS) is 27.0. The van der Waals surface area contributed by atoms with Crippen molar-refractivity contribution in [3.63, 3.8) is 0 Å². The van der Waals surface area contributed by atoms with E-state index in [2.05, 4.69) is 22.9 Å². The molecule has 1 amide bonds. The van der Waals surface area contributed by atoms with Gasteiger partial charge in [-0.3, -0.25) is 4.79 Å². The molecule has 0 radical (unpaired) electrons. The molecule has 0 N–H and O–H groups in total. The van der Waals surface area contributed by atoms with Crippen LogP contribution in [0.2, 0.25) is 0 Å². The molecule has 1 fully saturated rings. The Morgan fingerprint density at radius 3 is 3.06 bits per heavy atom. The number of rotatable bonds is 0. The average Bonchev–Trinajstić information content (AvgIpc) is 2.48. The molecule has 96 valence electrons. The number of amides is 1. The minimum atomic E-state index is 0.0664. The van der Waals surface area contributed by atoms with Crippen LogP contribution in [0.4, 0.5) is 0 Å². The van der Waals surface area contributed by atoms with Crippen molar-refractivity contribution in [2.24, 2.45) is 0 Å². The Kier molecular flexibility index (Phi) is 3.06. The van der Waals surface area contributed by atoms with Crippen molar-refractivity contribution in [1.82, 2.24) is 4.90 Å². The zero-order chi connectivity index (χ0) is 12.7. The molecule has 2 aliphatic rings. The van der Waals surface area contributed by atoms with Gasteiger partial charge in [0.05, 0.1) is 11.6 Å². The Balaban J connectivity index is 2.06. The van der Waals surface area contributed by atoms with Gasteiger partial charge in [-0.2, -0.15) is 0 Å². The highest BCUT2D eigenvalue weighted by molar-refractivity contribution is 9.10. The Morgan fingerprint density at radius 2 is 2.22 bits per heavy atom. The van der Waals surface area contributed by atoms with Crippen LogP contribution in [-0.4, -0.2) is 29.5 Å². The van der Waals surface area contributed by atoms with Gasteiger partial charge < -0.3 is 9.64 Å². The standard InChI is InChI=1S/C14H16BrNO2/c1-9-12-4-2-3-7-16(12)14(17)11-8-10(15)5-6-13(11)18-9/h5-6,8-9,12H,2-4,7H2,1H3. The fourth-order valence-electron chi connectivity index (χ4n) is 2.90. The van der Waals surface area contributed by atoms with Crippen molar-refractivity contribution in [2.75, 3.05) is 6.54 Å². The van der Waals surface area contributed by atoms with E-state index in [1.54, 1.807) is 0 Å². The molecule has 2 unspecified atom stereocenters. The summed E-state index contributed by atoms with van der Waals surface area (Å²) in [5.41, 5.74) is 0.681. The first kappa shape index (κ1) is 12.0. The first-order valence-electron chi connectivity index (χ1n) is 6.44. The Morgan fingerprint density at radius 1 is 1.39 bits per heavy atom. The molecule has 0 saturated carbocycles. The lowest BCUT2D eigenvalue weighted by Gasteiger charge is -2.36. The lowest BCUT2D eigenvalue weighted by atomic mass is 9.98. The molecule has 1 aromatic carbocycles. The Bertz CT molecular complexity index is 489. The summed E-state index contributed by atoms with van der Waals surface area (Å²) in [6, 6.07) is 5.88. The number of halogens is 1. The summed E-state index contributed by atoms with van der Waals surface area (Å²) in [7, 11) is 0. The molecule has 3 nitrogen and oxygen atoms in total. The van der Waals surface area contributed by atoms with Crippen LogP contribution in [0, 0.1) is 0 Å². The first-order valence-corrected chi connectivity index (χ1v) is 7.23. The molecule has 0 aliphatic carbocycles. The minimum Gasteiger partial charge on any atom is -0.488 e. The van der Waals surface area contributed by atoms with Gasteiger partial charge in [0.25, 0.3) is 5.91 Å². The second-order valence-electron chi connectivity index (χ2n) is 5.03. The van der Waals surface area contributed by atoms with E-state index in [1.807, 2.05) is 23.1 Å². The van der Waals surface area contributed by atoms with Gasteiger partial charge in [0.1, 0.15) is 11.9 Å². The molecular formula is C14H16BrNO2. The summed E-state index contributed by atoms with van der Waals surface area (Å²) < 4.78 is 6.89. The quantitative estimate of drug-likeness (QED) is 0.736. The monoisotopic (exact) mass is 309 g/mol. The average molecular weight is 310 g/mol. The van der Waals surface area contributed by atoms with E-state index in [9.17, 15) is 4.79 Å². The topological polar surface area (TPSA) is 29.5 Å². The van der Waals surface area contributed by atoms with Crippen LogP contribution < -0.4 is 4.74 Å². The van der Waals surface area contributed by atoms with Crippen molar-refractivity contribution in [2.45, 2.75) is 38.3 Å². The van der Waals surface area contributed by atoms with Crippen LogP contribution in [0.1, 0.15) is 36.5 Å². The third-order valence-electron chi connectivity index (χ3n) is 3.84. The van der Waals surface area contributed by atoms with Gasteiger partial charge in [-0.15, -0.1) is 0 Å². The number of carbonyl (C=O) groups is 1. The summed E-state index contributed by atoms with van der Waals surface area (Å²) >= 11 is 3.42. The first-order chi connectivity index (χ1) is 8.66. The number of piperidine rings is 1. The minimum absolute atomic E-state index is 0.0664. The van der Waals surface area contributed by atoms with E-state index in [0.29, 0.717) is 11.3 Å². The summed E-state index contributed by atoms with van der Waals surface area (Å²) in [4.78, 5) is 14.6. The van der Waals surface area contributed by atoms with Gasteiger partial charge in [-0.05, 0) is 44.4 Å². The summed E-state index contributed by atoms with van der Waals surface area (Å²) in [6.07, 6.45) is 3.39. The fraction of sp³-hybridized carbons (Fsp3) is 0.500. The number of carbonyl (C=O) groups excluding carboxylic acids is 1. The molecule has 2 heterocycles. The van der Waals surface area contributed by atoms with E-state index in [0.717, 1.165) is 23.9 Å². The van der Waals surface area contributed by atoms with Crippen LogP contribution in [-0.2, 0) is 0 Å². The van der Waals surface area contributed by atoms with E-state index < -0.39 is 0 Å². The highest BCUT2D eigenvalue weighted by atomic mass is 79.9. The second-order valence-corrected chi connectivity index (χ2v) is 5.94. The lowest BCUT2D eigenvalue weighted by molar-refractivity contribution is 0.0434. The highest BCUT2D eigenvalue weighted by Gasteiger charge is 2.36. The zero-order valence-corrected chi connectivity index (χ0v) is 11.9. The molecule has 2 atom stereocenters. The van der Waals surface area contributed by atoms with Crippen molar-refractivity contribution < 1.29 is 9.53 Å².